The van der Waals surface area contributed by atoms with Gasteiger partial charge in [-0.15, -0.1) is 0 Å². The molecule has 0 saturated carbocycles. The van der Waals surface area contributed by atoms with Crippen molar-refractivity contribution in [1.29, 1.82) is 0 Å². The van der Waals surface area contributed by atoms with Crippen LogP contribution in [0.3, 0.4) is 0 Å². The smallest absolute Gasteiger partial charge is 0.260 e. The fraction of sp³-hybridized carbons (Fsp3) is 0.240. The Kier molecular flexibility index (Phi) is 6.38. The molecule has 9 nitrogen and oxygen atoms in total. The van der Waals surface area contributed by atoms with Crippen LogP contribution in [0.2, 0.25) is 0 Å². The molecule has 5 rings (SSSR count). The van der Waals surface area contributed by atoms with E-state index in [2.05, 4.69) is 35.8 Å². The van der Waals surface area contributed by atoms with E-state index in [0.29, 0.717) is 11.4 Å². The Hall–Kier alpha value is -4.25. The molecule has 1 amide bonds. The highest BCUT2D eigenvalue weighted by Gasteiger charge is 2.23. The maximum atomic E-state index is 15.1. The van der Waals surface area contributed by atoms with Crippen molar-refractivity contribution in [3.05, 3.63) is 65.6 Å². The van der Waals surface area contributed by atoms with Crippen LogP contribution < -0.4 is 25.6 Å². The van der Waals surface area contributed by atoms with E-state index >= 15 is 4.39 Å². The number of hydrogen-bond donors (Lipinski definition) is 4. The first kappa shape index (κ1) is 23.5. The predicted octanol–water partition coefficient (Wildman–Crippen LogP) is 3.85. The monoisotopic (exact) mass is 493 g/mol. The van der Waals surface area contributed by atoms with Gasteiger partial charge in [0.05, 0.1) is 5.52 Å². The molecule has 1 aliphatic rings. The highest BCUT2D eigenvalue weighted by Crippen LogP contribution is 2.35. The molecule has 0 unspecified atom stereocenters. The van der Waals surface area contributed by atoms with Crippen LogP contribution in [0.15, 0.2) is 42.7 Å². The molecule has 1 saturated heterocycles. The Morgan fingerprint density at radius 1 is 1.11 bits per heavy atom. The summed E-state index contributed by atoms with van der Waals surface area (Å²) in [5, 5.41) is 9.00. The van der Waals surface area contributed by atoms with Crippen LogP contribution in [0.25, 0.3) is 10.9 Å². The second-order valence-electron chi connectivity index (χ2n) is 8.40. The predicted molar refractivity (Wildman–Crippen MR) is 133 cm³/mol. The second kappa shape index (κ2) is 9.78. The first-order valence-corrected chi connectivity index (χ1v) is 11.5. The van der Waals surface area contributed by atoms with Gasteiger partial charge < -0.3 is 30.6 Å². The number of aromatic amines is 1. The number of rotatable bonds is 6. The molecule has 1 aliphatic heterocycles. The molecule has 36 heavy (non-hydrogen) atoms. The molecule has 186 valence electrons. The van der Waals surface area contributed by atoms with Gasteiger partial charge in [-0.25, -0.2) is 18.7 Å². The van der Waals surface area contributed by atoms with Crippen molar-refractivity contribution in [2.45, 2.75) is 6.92 Å². The molecule has 4 N–H and O–H groups in total. The molecule has 2 aromatic carbocycles. The number of nitrogens with zero attached hydrogens (tertiary/aromatic N) is 3. The van der Waals surface area contributed by atoms with Gasteiger partial charge in [0.2, 0.25) is 5.88 Å². The largest absolute Gasteiger partial charge is 0.435 e. The van der Waals surface area contributed by atoms with Gasteiger partial charge in [0, 0.05) is 61.7 Å². The van der Waals surface area contributed by atoms with Gasteiger partial charge in [0.25, 0.3) is 5.91 Å². The summed E-state index contributed by atoms with van der Waals surface area (Å²) >= 11 is 0. The number of anilines is 3. The number of amides is 1. The average molecular weight is 494 g/mol. The summed E-state index contributed by atoms with van der Waals surface area (Å²) < 4.78 is 35.4. The van der Waals surface area contributed by atoms with Crippen molar-refractivity contribution < 1.29 is 18.3 Å². The van der Waals surface area contributed by atoms with Gasteiger partial charge >= 0.3 is 0 Å². The number of aryl methyl sites for hydroxylation is 1. The van der Waals surface area contributed by atoms with E-state index in [1.807, 2.05) is 24.3 Å². The van der Waals surface area contributed by atoms with E-state index in [0.717, 1.165) is 37.9 Å². The molecule has 0 bridgehead atoms. The van der Waals surface area contributed by atoms with Crippen molar-refractivity contribution in [2.75, 3.05) is 43.4 Å². The number of ether oxygens (including phenoxy) is 1. The molecule has 0 radical (unpaired) electrons. The average Bonchev–Trinajstić information content (AvgIpc) is 3.30. The van der Waals surface area contributed by atoms with Crippen LogP contribution >= 0.6 is 0 Å². The van der Waals surface area contributed by atoms with Gasteiger partial charge in [0.15, 0.2) is 23.2 Å². The van der Waals surface area contributed by atoms with Crippen LogP contribution in [0.5, 0.6) is 11.6 Å². The van der Waals surface area contributed by atoms with E-state index in [1.165, 1.54) is 19.4 Å². The van der Waals surface area contributed by atoms with E-state index in [-0.39, 0.29) is 28.2 Å². The number of nitrogens with one attached hydrogen (secondary N) is 4. The van der Waals surface area contributed by atoms with Gasteiger partial charge in [-0.2, -0.15) is 0 Å². The SMILES string of the molecule is CNC(=O)c1c(Nc2ccc(N3CCNCC3)cc2)ncnc1Oc1cc(F)c2[nH]c(C)cc2c1F. The summed E-state index contributed by atoms with van der Waals surface area (Å²) in [5.41, 5.74) is 2.37. The molecule has 4 aromatic rings. The maximum Gasteiger partial charge on any atom is 0.260 e. The first-order chi connectivity index (χ1) is 17.4. The Morgan fingerprint density at radius 3 is 2.58 bits per heavy atom. The van der Waals surface area contributed by atoms with Crippen molar-refractivity contribution in [3.8, 4) is 11.6 Å². The van der Waals surface area contributed by atoms with Crippen LogP contribution in [-0.4, -0.2) is 54.1 Å². The number of halogens is 2. The summed E-state index contributed by atoms with van der Waals surface area (Å²) in [4.78, 5) is 26.1. The number of piperazine rings is 1. The Bertz CT molecular complexity index is 1420. The first-order valence-electron chi connectivity index (χ1n) is 11.5. The molecule has 11 heteroatoms. The molecule has 0 atom stereocenters. The Labute approximate surface area is 205 Å². The van der Waals surface area contributed by atoms with Gasteiger partial charge in [-0.3, -0.25) is 4.79 Å². The molecule has 1 fully saturated rings. The molecule has 3 heterocycles. The highest BCUT2D eigenvalue weighted by atomic mass is 19.1. The lowest BCUT2D eigenvalue weighted by molar-refractivity contribution is 0.0960. The molecule has 2 aromatic heterocycles. The van der Waals surface area contributed by atoms with Gasteiger partial charge in [-0.1, -0.05) is 0 Å². The van der Waals surface area contributed by atoms with Crippen LogP contribution in [0.1, 0.15) is 16.1 Å². The van der Waals surface area contributed by atoms with E-state index < -0.39 is 23.3 Å². The number of fused-ring (bicyclic) bond motifs is 1. The Morgan fingerprint density at radius 2 is 1.86 bits per heavy atom. The molecular weight excluding hydrogens is 468 g/mol. The van der Waals surface area contributed by atoms with Crippen molar-refractivity contribution in [3.63, 3.8) is 0 Å². The zero-order valence-corrected chi connectivity index (χ0v) is 19.8. The highest BCUT2D eigenvalue weighted by molar-refractivity contribution is 6.01. The number of aromatic nitrogens is 3. The van der Waals surface area contributed by atoms with Crippen molar-refractivity contribution in [2.24, 2.45) is 0 Å². The van der Waals surface area contributed by atoms with E-state index in [9.17, 15) is 9.18 Å². The standard InChI is InChI=1S/C25H25F2N7O2/c1-14-11-17-21(27)19(12-18(26)22(17)32-14)36-25-20(24(35)28-2)23(30-13-31-25)33-15-3-5-16(6-4-15)34-9-7-29-8-10-34/h3-6,11-13,29,32H,7-10H2,1-2H3,(H,28,35)(H,30,31,33). The molecular formula is C25H25F2N7O2. The quantitative estimate of drug-likeness (QED) is 0.323. The van der Waals surface area contributed by atoms with Gasteiger partial charge in [-0.05, 0) is 37.3 Å². The summed E-state index contributed by atoms with van der Waals surface area (Å²) in [6.45, 7) is 5.40. The lowest BCUT2D eigenvalue weighted by Crippen LogP contribution is -2.43. The third-order valence-corrected chi connectivity index (χ3v) is 5.99. The fourth-order valence-electron chi connectivity index (χ4n) is 4.20. The lowest BCUT2D eigenvalue weighted by Gasteiger charge is -2.29. The third kappa shape index (κ3) is 4.52. The number of carbonyl (C=O) groups excluding carboxylic acids is 1. The minimum atomic E-state index is -0.768. The number of benzene rings is 2. The molecule has 0 spiro atoms. The normalized spacial score (nSPS) is 13.6. The topological polar surface area (TPSA) is 107 Å². The van der Waals surface area contributed by atoms with Crippen molar-refractivity contribution in [1.82, 2.24) is 25.6 Å². The summed E-state index contributed by atoms with van der Waals surface area (Å²) in [6.07, 6.45) is 1.19. The zero-order valence-electron chi connectivity index (χ0n) is 19.8. The lowest BCUT2D eigenvalue weighted by atomic mass is 10.2. The van der Waals surface area contributed by atoms with E-state index in [1.54, 1.807) is 6.92 Å². The Balaban J connectivity index is 1.46. The fourth-order valence-corrected chi connectivity index (χ4v) is 4.20. The summed E-state index contributed by atoms with van der Waals surface area (Å²) in [5.74, 6) is -2.45. The van der Waals surface area contributed by atoms with Gasteiger partial charge in [0.1, 0.15) is 11.9 Å². The third-order valence-electron chi connectivity index (χ3n) is 5.99. The second-order valence-corrected chi connectivity index (χ2v) is 8.40. The van der Waals surface area contributed by atoms with Crippen molar-refractivity contribution >= 4 is 34.0 Å². The molecule has 0 aliphatic carbocycles. The maximum absolute atomic E-state index is 15.1. The minimum absolute atomic E-state index is 0.0400. The number of H-pyrrole nitrogens is 1. The summed E-state index contributed by atoms with van der Waals surface area (Å²) in [6, 6.07) is 10.1. The van der Waals surface area contributed by atoms with Crippen LogP contribution in [-0.2, 0) is 0 Å². The summed E-state index contributed by atoms with van der Waals surface area (Å²) in [7, 11) is 1.44. The minimum Gasteiger partial charge on any atom is -0.435 e. The number of carbonyl (C=O) groups is 1. The zero-order chi connectivity index (χ0) is 25.2. The van der Waals surface area contributed by atoms with Crippen LogP contribution in [0.4, 0.5) is 26.0 Å². The van der Waals surface area contributed by atoms with E-state index in [4.69, 9.17) is 4.74 Å². The number of hydrogen-bond acceptors (Lipinski definition) is 7. The van der Waals surface area contributed by atoms with Crippen LogP contribution in [0, 0.1) is 18.6 Å².